The molecule has 1 aromatic carbocycles. The first-order valence-corrected chi connectivity index (χ1v) is 10.7. The number of hydrogen-bond acceptors (Lipinski definition) is 5. The van der Waals surface area contributed by atoms with Gasteiger partial charge in [-0.25, -0.2) is 4.98 Å². The summed E-state index contributed by atoms with van der Waals surface area (Å²) >= 11 is 1.70. The van der Waals surface area contributed by atoms with Crippen LogP contribution in [-0.2, 0) is 17.8 Å². The van der Waals surface area contributed by atoms with Crippen molar-refractivity contribution in [2.75, 3.05) is 32.7 Å². The third-order valence-corrected chi connectivity index (χ3v) is 6.04. The molecule has 5 nitrogen and oxygen atoms in total. The van der Waals surface area contributed by atoms with Crippen molar-refractivity contribution in [2.24, 2.45) is 11.7 Å². The van der Waals surface area contributed by atoms with Crippen LogP contribution in [0.5, 0.6) is 0 Å². The van der Waals surface area contributed by atoms with Gasteiger partial charge in [0.25, 0.3) is 0 Å². The van der Waals surface area contributed by atoms with E-state index in [1.54, 1.807) is 11.3 Å². The number of carbonyl (C=O) groups is 1. The molecule has 0 aliphatic carbocycles. The van der Waals surface area contributed by atoms with Crippen LogP contribution in [-0.4, -0.2) is 53.4 Å². The molecule has 0 saturated carbocycles. The second-order valence-corrected chi connectivity index (χ2v) is 8.32. The number of amides is 1. The van der Waals surface area contributed by atoms with Gasteiger partial charge in [0.1, 0.15) is 0 Å². The van der Waals surface area contributed by atoms with Gasteiger partial charge in [-0.15, -0.1) is 11.3 Å². The molecule has 0 unspecified atom stereocenters. The van der Waals surface area contributed by atoms with Crippen LogP contribution in [0.4, 0.5) is 0 Å². The molecular weight excluding hydrogens is 356 g/mol. The Kier molecular flexibility index (Phi) is 7.38. The van der Waals surface area contributed by atoms with E-state index in [4.69, 9.17) is 5.73 Å². The summed E-state index contributed by atoms with van der Waals surface area (Å²) in [6, 6.07) is 10.3. The average Bonchev–Trinajstić information content (AvgIpc) is 3.10. The Morgan fingerprint density at radius 3 is 2.63 bits per heavy atom. The molecule has 146 valence electrons. The maximum atomic E-state index is 13.0. The Bertz CT molecular complexity index is 710. The van der Waals surface area contributed by atoms with E-state index in [9.17, 15) is 4.79 Å². The van der Waals surface area contributed by atoms with E-state index in [1.165, 1.54) is 5.56 Å². The minimum atomic E-state index is 0.126. The second-order valence-electron chi connectivity index (χ2n) is 7.26. The van der Waals surface area contributed by atoms with Crippen molar-refractivity contribution in [3.8, 4) is 0 Å². The molecule has 27 heavy (non-hydrogen) atoms. The van der Waals surface area contributed by atoms with Crippen LogP contribution in [0, 0.1) is 12.8 Å². The molecule has 3 rings (SSSR count). The van der Waals surface area contributed by atoms with Gasteiger partial charge in [0.05, 0.1) is 10.7 Å². The van der Waals surface area contributed by atoms with Gasteiger partial charge in [-0.2, -0.15) is 0 Å². The topological polar surface area (TPSA) is 62.5 Å². The van der Waals surface area contributed by atoms with Gasteiger partial charge in [0.15, 0.2) is 0 Å². The molecule has 1 fully saturated rings. The van der Waals surface area contributed by atoms with Crippen LogP contribution >= 0.6 is 11.3 Å². The highest BCUT2D eigenvalue weighted by molar-refractivity contribution is 7.09. The first-order valence-electron chi connectivity index (χ1n) is 9.82. The van der Waals surface area contributed by atoms with E-state index in [0.29, 0.717) is 13.1 Å². The lowest BCUT2D eigenvalue weighted by Gasteiger charge is -2.34. The van der Waals surface area contributed by atoms with Crippen molar-refractivity contribution in [3.63, 3.8) is 0 Å². The molecule has 2 N–H and O–H groups in total. The first kappa shape index (κ1) is 20.0. The van der Waals surface area contributed by atoms with Gasteiger partial charge in [0.2, 0.25) is 5.91 Å². The zero-order valence-electron chi connectivity index (χ0n) is 16.1. The number of aromatic nitrogens is 1. The Morgan fingerprint density at radius 2 is 2.00 bits per heavy atom. The fourth-order valence-corrected chi connectivity index (χ4v) is 4.31. The number of aryl methyl sites for hydroxylation is 1. The molecule has 0 radical (unpaired) electrons. The van der Waals surface area contributed by atoms with Gasteiger partial charge in [0, 0.05) is 37.5 Å². The Morgan fingerprint density at radius 1 is 1.26 bits per heavy atom. The van der Waals surface area contributed by atoms with E-state index < -0.39 is 0 Å². The normalized spacial score (nSPS) is 15.8. The lowest BCUT2D eigenvalue weighted by molar-refractivity contribution is -0.137. The van der Waals surface area contributed by atoms with Crippen LogP contribution in [0.1, 0.15) is 29.1 Å². The molecule has 1 amide bonds. The highest BCUT2D eigenvalue weighted by Gasteiger charge is 2.28. The van der Waals surface area contributed by atoms with Crippen molar-refractivity contribution in [1.82, 2.24) is 14.8 Å². The molecule has 2 aromatic rings. The van der Waals surface area contributed by atoms with Crippen LogP contribution in [0.2, 0.25) is 0 Å². The summed E-state index contributed by atoms with van der Waals surface area (Å²) in [6.45, 7) is 6.77. The van der Waals surface area contributed by atoms with E-state index in [-0.39, 0.29) is 11.8 Å². The third kappa shape index (κ3) is 5.86. The summed E-state index contributed by atoms with van der Waals surface area (Å²) in [5, 5.41) is 3.25. The van der Waals surface area contributed by atoms with Crippen LogP contribution in [0.25, 0.3) is 0 Å². The van der Waals surface area contributed by atoms with Crippen LogP contribution in [0.3, 0.4) is 0 Å². The van der Waals surface area contributed by atoms with Gasteiger partial charge >= 0.3 is 0 Å². The first-order chi connectivity index (χ1) is 13.2. The summed E-state index contributed by atoms with van der Waals surface area (Å²) in [7, 11) is 0. The number of likely N-dealkylation sites (tertiary alicyclic amines) is 1. The number of carbonyl (C=O) groups excluding carboxylic acids is 1. The number of nitrogens with zero attached hydrogens (tertiary/aromatic N) is 3. The lowest BCUT2D eigenvalue weighted by atomic mass is 9.95. The van der Waals surface area contributed by atoms with Gasteiger partial charge < -0.3 is 10.6 Å². The Labute approximate surface area is 166 Å². The molecule has 1 saturated heterocycles. The molecule has 2 heterocycles. The second kappa shape index (κ2) is 9.97. The molecule has 0 spiro atoms. The Balaban J connectivity index is 1.49. The smallest absolute Gasteiger partial charge is 0.225 e. The fraction of sp³-hybridized carbons (Fsp3) is 0.524. The van der Waals surface area contributed by atoms with Crippen molar-refractivity contribution in [1.29, 1.82) is 0 Å². The molecule has 6 heteroatoms. The number of thiazole rings is 1. The molecule has 1 aliphatic rings. The monoisotopic (exact) mass is 386 g/mol. The van der Waals surface area contributed by atoms with Crippen molar-refractivity contribution < 1.29 is 4.79 Å². The summed E-state index contributed by atoms with van der Waals surface area (Å²) in [5.74, 6) is 0.404. The molecule has 0 bridgehead atoms. The number of benzene rings is 1. The predicted octanol–water partition coefficient (Wildman–Crippen LogP) is 2.69. The maximum absolute atomic E-state index is 13.0. The summed E-state index contributed by atoms with van der Waals surface area (Å²) < 4.78 is 0. The number of nitrogens with two attached hydrogens (primary N) is 1. The molecule has 0 atom stereocenters. The van der Waals surface area contributed by atoms with E-state index in [1.807, 2.05) is 30.0 Å². The maximum Gasteiger partial charge on any atom is 0.225 e. The largest absolute Gasteiger partial charge is 0.341 e. The third-order valence-electron chi connectivity index (χ3n) is 5.21. The molecular formula is C21H30N4OS. The van der Waals surface area contributed by atoms with Gasteiger partial charge in [-0.1, -0.05) is 30.3 Å². The highest BCUT2D eigenvalue weighted by Crippen LogP contribution is 2.22. The van der Waals surface area contributed by atoms with E-state index >= 15 is 0 Å². The number of hydrogen-bond donors (Lipinski definition) is 1. The van der Waals surface area contributed by atoms with Crippen molar-refractivity contribution in [3.05, 3.63) is 52.0 Å². The van der Waals surface area contributed by atoms with Crippen LogP contribution in [0.15, 0.2) is 35.7 Å². The zero-order chi connectivity index (χ0) is 19.1. The number of rotatable bonds is 8. The standard InChI is InChI=1S/C21H30N4OS/c1-17-23-20(16-27-17)15-24-11-8-19(9-12-24)21(26)25(14-10-22)13-7-18-5-3-2-4-6-18/h2-6,16,19H,7-15,22H2,1H3. The highest BCUT2D eigenvalue weighted by atomic mass is 32.1. The summed E-state index contributed by atoms with van der Waals surface area (Å²) in [5.41, 5.74) is 8.18. The van der Waals surface area contributed by atoms with E-state index in [0.717, 1.165) is 56.1 Å². The van der Waals surface area contributed by atoms with Crippen molar-refractivity contribution in [2.45, 2.75) is 32.7 Å². The Hall–Kier alpha value is -1.76. The fourth-order valence-electron chi connectivity index (χ4n) is 3.70. The minimum Gasteiger partial charge on any atom is -0.341 e. The summed E-state index contributed by atoms with van der Waals surface area (Å²) in [6.07, 6.45) is 2.73. The molecule has 1 aromatic heterocycles. The van der Waals surface area contributed by atoms with Gasteiger partial charge in [-0.05, 0) is 44.8 Å². The SMILES string of the molecule is Cc1nc(CN2CCC(C(=O)N(CCN)CCc3ccccc3)CC2)cs1. The van der Waals surface area contributed by atoms with Crippen LogP contribution < -0.4 is 5.73 Å². The van der Waals surface area contributed by atoms with E-state index in [2.05, 4.69) is 27.4 Å². The molecule has 1 aliphatic heterocycles. The van der Waals surface area contributed by atoms with Crippen molar-refractivity contribution >= 4 is 17.2 Å². The summed E-state index contributed by atoms with van der Waals surface area (Å²) in [4.78, 5) is 22.0. The zero-order valence-corrected chi connectivity index (χ0v) is 17.0. The average molecular weight is 387 g/mol. The lowest BCUT2D eigenvalue weighted by Crippen LogP contribution is -2.44. The predicted molar refractivity (Wildman–Crippen MR) is 111 cm³/mol. The minimum absolute atomic E-state index is 0.126. The quantitative estimate of drug-likeness (QED) is 0.758. The number of piperidine rings is 1. The van der Waals surface area contributed by atoms with Gasteiger partial charge in [-0.3, -0.25) is 9.69 Å².